The number of ketones is 1. The van der Waals surface area contributed by atoms with E-state index in [9.17, 15) is 4.79 Å². The molecule has 0 unspecified atom stereocenters. The second kappa shape index (κ2) is 4.97. The Bertz CT molecular complexity index is 511. The van der Waals surface area contributed by atoms with E-state index in [1.54, 1.807) is 24.3 Å². The zero-order chi connectivity index (χ0) is 12.3. The Morgan fingerprint density at radius 2 is 2.24 bits per heavy atom. The predicted molar refractivity (Wildman–Crippen MR) is 65.3 cm³/mol. The first-order valence-corrected chi connectivity index (χ1v) is 5.42. The minimum absolute atomic E-state index is 0.115. The maximum absolute atomic E-state index is 12.1. The highest BCUT2D eigenvalue weighted by molar-refractivity contribution is 6.70. The molecule has 17 heavy (non-hydrogen) atoms. The lowest BCUT2D eigenvalue weighted by Crippen LogP contribution is -2.33. The van der Waals surface area contributed by atoms with Gasteiger partial charge in [0.25, 0.3) is 0 Å². The molecule has 0 saturated carbocycles. The molecule has 2 N–H and O–H groups in total. The molecule has 0 aromatic heterocycles. The summed E-state index contributed by atoms with van der Waals surface area (Å²) in [6, 6.07) is 6.59. The van der Waals surface area contributed by atoms with E-state index >= 15 is 0 Å². The smallest absolute Gasteiger partial charge is 0.220 e. The predicted octanol–water partition coefficient (Wildman–Crippen LogP) is 1.35. The minimum atomic E-state index is -0.453. The average molecular weight is 252 g/mol. The number of aliphatic imine (C=N–C) groups is 1. The average Bonchev–Trinajstić information content (AvgIpc) is 2.84. The number of nitrogens with one attached hydrogen (secondary N) is 1. The van der Waals surface area contributed by atoms with Crippen LogP contribution in [0.5, 0.6) is 0 Å². The minimum Gasteiger partial charge on any atom is -0.410 e. The van der Waals surface area contributed by atoms with Crippen molar-refractivity contribution in [3.8, 4) is 0 Å². The lowest BCUT2D eigenvalue weighted by atomic mass is 10.1. The van der Waals surface area contributed by atoms with Crippen molar-refractivity contribution in [2.24, 2.45) is 10.1 Å². The molecule has 0 bridgehead atoms. The number of carbonyl (C=O) groups excluding carboxylic acids is 1. The van der Waals surface area contributed by atoms with E-state index in [1.807, 2.05) is 0 Å². The third kappa shape index (κ3) is 2.29. The summed E-state index contributed by atoms with van der Waals surface area (Å²) in [6.45, 7) is 1.19. The Morgan fingerprint density at radius 3 is 2.82 bits per heavy atom. The summed E-state index contributed by atoms with van der Waals surface area (Å²) in [5.74, 6) is -0.149. The summed E-state index contributed by atoms with van der Waals surface area (Å²) in [4.78, 5) is 16.1. The first-order chi connectivity index (χ1) is 8.24. The molecule has 0 aliphatic carbocycles. The second-order valence-electron chi connectivity index (χ2n) is 3.41. The van der Waals surface area contributed by atoms with Gasteiger partial charge in [-0.25, -0.2) is 0 Å². The number of halogens is 1. The normalized spacial score (nSPS) is 15.4. The van der Waals surface area contributed by atoms with E-state index < -0.39 is 5.78 Å². The quantitative estimate of drug-likeness (QED) is 0.369. The van der Waals surface area contributed by atoms with Crippen molar-refractivity contribution in [2.75, 3.05) is 13.1 Å². The Labute approximate surface area is 103 Å². The first kappa shape index (κ1) is 11.6. The topological polar surface area (TPSA) is 74.0 Å². The van der Waals surface area contributed by atoms with Crippen molar-refractivity contribution in [2.45, 2.75) is 0 Å². The summed E-state index contributed by atoms with van der Waals surface area (Å²) in [5.41, 5.74) is 0.175. The summed E-state index contributed by atoms with van der Waals surface area (Å²) in [5, 5.41) is 15.1. The number of hydrogen-bond acceptors (Lipinski definition) is 5. The standard InChI is InChI=1S/C11H10ClN3O2/c12-8-4-2-1-3-7(8)10(16)9(15-17)11-13-5-6-14-11/h1-4,17H,5-6H2,(H,13,14)/b15-9-. The number of Topliss-reactive ketones (excluding diaryl/α,β-unsaturated/α-hetero) is 1. The fourth-order valence-electron chi connectivity index (χ4n) is 1.53. The maximum Gasteiger partial charge on any atom is 0.220 e. The van der Waals surface area contributed by atoms with Crippen LogP contribution in [0.1, 0.15) is 10.4 Å². The van der Waals surface area contributed by atoms with E-state index in [1.165, 1.54) is 0 Å². The molecule has 0 spiro atoms. The van der Waals surface area contributed by atoms with E-state index in [2.05, 4.69) is 15.5 Å². The molecule has 1 aromatic rings. The van der Waals surface area contributed by atoms with Gasteiger partial charge in [0, 0.05) is 12.1 Å². The fourth-order valence-corrected chi connectivity index (χ4v) is 1.75. The highest BCUT2D eigenvalue weighted by Crippen LogP contribution is 2.16. The Hall–Kier alpha value is -1.88. The van der Waals surface area contributed by atoms with Crippen LogP contribution >= 0.6 is 11.6 Å². The molecule has 0 fully saturated rings. The summed E-state index contributed by atoms with van der Waals surface area (Å²) >= 11 is 5.91. The number of amidine groups is 1. The zero-order valence-electron chi connectivity index (χ0n) is 8.85. The monoisotopic (exact) mass is 251 g/mol. The highest BCUT2D eigenvalue weighted by Gasteiger charge is 2.24. The van der Waals surface area contributed by atoms with Crippen molar-refractivity contribution in [1.82, 2.24) is 5.32 Å². The van der Waals surface area contributed by atoms with E-state index in [4.69, 9.17) is 16.8 Å². The van der Waals surface area contributed by atoms with Gasteiger partial charge in [-0.15, -0.1) is 0 Å². The van der Waals surface area contributed by atoms with Crippen LogP contribution in [-0.2, 0) is 0 Å². The SMILES string of the molecule is O=C(/C(=N/O)C1=NCCN1)c1ccccc1Cl. The van der Waals surface area contributed by atoms with E-state index in [-0.39, 0.29) is 5.71 Å². The van der Waals surface area contributed by atoms with Crippen molar-refractivity contribution in [3.05, 3.63) is 34.9 Å². The van der Waals surface area contributed by atoms with Crippen molar-refractivity contribution < 1.29 is 10.0 Å². The van der Waals surface area contributed by atoms with Crippen LogP contribution in [0.25, 0.3) is 0 Å². The molecule has 0 radical (unpaired) electrons. The molecular weight excluding hydrogens is 242 g/mol. The molecule has 1 aromatic carbocycles. The molecule has 1 aliphatic rings. The highest BCUT2D eigenvalue weighted by atomic mass is 35.5. The van der Waals surface area contributed by atoms with Gasteiger partial charge >= 0.3 is 0 Å². The zero-order valence-corrected chi connectivity index (χ0v) is 9.61. The first-order valence-electron chi connectivity index (χ1n) is 5.04. The van der Waals surface area contributed by atoms with Gasteiger partial charge in [0.05, 0.1) is 11.6 Å². The van der Waals surface area contributed by atoms with Crippen LogP contribution in [0, 0.1) is 0 Å². The number of carbonyl (C=O) groups is 1. The molecule has 1 heterocycles. The van der Waals surface area contributed by atoms with Gasteiger partial charge in [-0.1, -0.05) is 28.9 Å². The van der Waals surface area contributed by atoms with Gasteiger partial charge in [-0.05, 0) is 12.1 Å². The fraction of sp³-hybridized carbons (Fsp3) is 0.182. The summed E-state index contributed by atoms with van der Waals surface area (Å²) < 4.78 is 0. The third-order valence-electron chi connectivity index (χ3n) is 2.33. The van der Waals surface area contributed by atoms with Crippen LogP contribution in [0.2, 0.25) is 5.02 Å². The molecular formula is C11H10ClN3O2. The second-order valence-corrected chi connectivity index (χ2v) is 3.82. The summed E-state index contributed by atoms with van der Waals surface area (Å²) in [6.07, 6.45) is 0. The Morgan fingerprint density at radius 1 is 1.47 bits per heavy atom. The van der Waals surface area contributed by atoms with Crippen molar-refractivity contribution in [1.29, 1.82) is 0 Å². The van der Waals surface area contributed by atoms with Gasteiger partial charge in [0.1, 0.15) is 0 Å². The molecule has 0 saturated heterocycles. The van der Waals surface area contributed by atoms with Crippen molar-refractivity contribution in [3.63, 3.8) is 0 Å². The van der Waals surface area contributed by atoms with Crippen LogP contribution < -0.4 is 5.32 Å². The number of benzene rings is 1. The number of hydrogen-bond donors (Lipinski definition) is 2. The van der Waals surface area contributed by atoms with E-state index in [0.717, 1.165) is 0 Å². The van der Waals surface area contributed by atoms with Crippen LogP contribution in [0.4, 0.5) is 0 Å². The lowest BCUT2D eigenvalue weighted by Gasteiger charge is -2.05. The van der Waals surface area contributed by atoms with Gasteiger partial charge in [0.2, 0.25) is 5.78 Å². The number of oxime groups is 1. The van der Waals surface area contributed by atoms with Gasteiger partial charge in [0.15, 0.2) is 11.5 Å². The van der Waals surface area contributed by atoms with Crippen LogP contribution in [0.3, 0.4) is 0 Å². The summed E-state index contributed by atoms with van der Waals surface area (Å²) in [7, 11) is 0. The molecule has 5 nitrogen and oxygen atoms in total. The van der Waals surface area contributed by atoms with Gasteiger partial charge in [-0.2, -0.15) is 0 Å². The van der Waals surface area contributed by atoms with Crippen LogP contribution in [0.15, 0.2) is 34.4 Å². The molecule has 0 amide bonds. The van der Waals surface area contributed by atoms with Crippen molar-refractivity contribution >= 4 is 28.9 Å². The maximum atomic E-state index is 12.1. The van der Waals surface area contributed by atoms with Gasteiger partial charge in [-0.3, -0.25) is 9.79 Å². The van der Waals surface area contributed by atoms with E-state index in [0.29, 0.717) is 29.5 Å². The molecule has 6 heteroatoms. The van der Waals surface area contributed by atoms with Gasteiger partial charge < -0.3 is 10.5 Å². The molecule has 2 rings (SSSR count). The molecule has 1 aliphatic heterocycles. The molecule has 88 valence electrons. The lowest BCUT2D eigenvalue weighted by molar-refractivity contribution is 0.106. The number of rotatable bonds is 3. The molecule has 0 atom stereocenters. The van der Waals surface area contributed by atoms with Crippen LogP contribution in [-0.4, -0.2) is 35.6 Å². The Kier molecular flexibility index (Phi) is 3.39. The third-order valence-corrected chi connectivity index (χ3v) is 2.66. The number of nitrogens with zero attached hydrogens (tertiary/aromatic N) is 2. The largest absolute Gasteiger partial charge is 0.410 e. The Balaban J connectivity index is 2.34.